The molecular formula is C12H16N2. The van der Waals surface area contributed by atoms with Gasteiger partial charge in [0.2, 0.25) is 0 Å². The summed E-state index contributed by atoms with van der Waals surface area (Å²) in [6.45, 7) is 1.16. The van der Waals surface area contributed by atoms with Gasteiger partial charge in [0.25, 0.3) is 0 Å². The molecule has 1 fully saturated rings. The lowest BCUT2D eigenvalue weighted by Crippen LogP contribution is -2.37. The fourth-order valence-electron chi connectivity index (χ4n) is 2.87. The van der Waals surface area contributed by atoms with Gasteiger partial charge in [-0.05, 0) is 49.8 Å². The van der Waals surface area contributed by atoms with E-state index in [1.54, 1.807) is 0 Å². The Morgan fingerprint density at radius 2 is 2.36 bits per heavy atom. The summed E-state index contributed by atoms with van der Waals surface area (Å²) in [6, 6.07) is 4.84. The molecule has 0 bridgehead atoms. The highest BCUT2D eigenvalue weighted by Crippen LogP contribution is 2.37. The molecule has 3 rings (SSSR count). The first-order valence-corrected chi connectivity index (χ1v) is 5.62. The average molecular weight is 188 g/mol. The van der Waals surface area contributed by atoms with E-state index in [0.29, 0.717) is 6.04 Å². The number of rotatable bonds is 0. The third kappa shape index (κ3) is 1.25. The minimum Gasteiger partial charge on any atom is -0.308 e. The molecule has 0 saturated carbocycles. The van der Waals surface area contributed by atoms with E-state index in [0.717, 1.165) is 12.5 Å². The van der Waals surface area contributed by atoms with Crippen molar-refractivity contribution in [3.8, 4) is 0 Å². The first-order chi connectivity index (χ1) is 6.95. The minimum atomic E-state index is 0.550. The van der Waals surface area contributed by atoms with Crippen molar-refractivity contribution in [3.05, 3.63) is 29.6 Å². The molecule has 1 aromatic rings. The molecule has 1 aliphatic carbocycles. The van der Waals surface area contributed by atoms with Crippen molar-refractivity contribution in [2.24, 2.45) is 5.92 Å². The highest BCUT2D eigenvalue weighted by Gasteiger charge is 2.31. The van der Waals surface area contributed by atoms with E-state index in [9.17, 15) is 0 Å². The molecule has 74 valence electrons. The Bertz CT molecular complexity index is 335. The first-order valence-electron chi connectivity index (χ1n) is 5.62. The van der Waals surface area contributed by atoms with Crippen LogP contribution in [-0.2, 0) is 6.42 Å². The summed E-state index contributed by atoms with van der Waals surface area (Å²) in [5, 5.41) is 3.61. The number of pyridine rings is 1. The summed E-state index contributed by atoms with van der Waals surface area (Å²) < 4.78 is 0. The second-order valence-electron chi connectivity index (χ2n) is 4.42. The molecule has 0 radical (unpaired) electrons. The van der Waals surface area contributed by atoms with Crippen LogP contribution in [0.25, 0.3) is 0 Å². The zero-order valence-corrected chi connectivity index (χ0v) is 8.37. The number of nitrogens with one attached hydrogen (secondary N) is 1. The van der Waals surface area contributed by atoms with Crippen LogP contribution in [0, 0.1) is 5.92 Å². The van der Waals surface area contributed by atoms with Gasteiger partial charge < -0.3 is 5.32 Å². The fraction of sp³-hybridized carbons (Fsp3) is 0.583. The maximum atomic E-state index is 4.54. The molecule has 0 unspecified atom stereocenters. The van der Waals surface area contributed by atoms with Crippen LogP contribution in [0.3, 0.4) is 0 Å². The maximum Gasteiger partial charge on any atom is 0.0607 e. The molecular weight excluding hydrogens is 172 g/mol. The molecule has 1 aromatic heterocycles. The molecule has 1 N–H and O–H groups in total. The van der Waals surface area contributed by atoms with Crippen LogP contribution in [0.2, 0.25) is 0 Å². The number of piperidine rings is 1. The van der Waals surface area contributed by atoms with Crippen molar-refractivity contribution in [1.82, 2.24) is 10.3 Å². The lowest BCUT2D eigenvalue weighted by atomic mass is 9.78. The summed E-state index contributed by atoms with van der Waals surface area (Å²) in [6.07, 6.45) is 7.22. The van der Waals surface area contributed by atoms with Crippen molar-refractivity contribution in [2.45, 2.75) is 31.7 Å². The van der Waals surface area contributed by atoms with Crippen LogP contribution in [0.1, 0.15) is 36.6 Å². The van der Waals surface area contributed by atoms with Gasteiger partial charge in [0, 0.05) is 6.20 Å². The van der Waals surface area contributed by atoms with Crippen LogP contribution in [0.15, 0.2) is 18.3 Å². The fourth-order valence-corrected chi connectivity index (χ4v) is 2.87. The zero-order valence-electron chi connectivity index (χ0n) is 8.37. The van der Waals surface area contributed by atoms with Gasteiger partial charge in [0.05, 0.1) is 11.7 Å². The number of nitrogens with zero attached hydrogens (tertiary/aromatic N) is 1. The molecule has 1 aliphatic heterocycles. The Hall–Kier alpha value is -0.890. The van der Waals surface area contributed by atoms with Gasteiger partial charge >= 0.3 is 0 Å². The molecule has 1 saturated heterocycles. The van der Waals surface area contributed by atoms with Crippen molar-refractivity contribution in [1.29, 1.82) is 0 Å². The van der Waals surface area contributed by atoms with Crippen molar-refractivity contribution < 1.29 is 0 Å². The number of aromatic nitrogens is 1. The summed E-state index contributed by atoms with van der Waals surface area (Å²) >= 11 is 0. The monoisotopic (exact) mass is 188 g/mol. The summed E-state index contributed by atoms with van der Waals surface area (Å²) in [4.78, 5) is 4.54. The van der Waals surface area contributed by atoms with Gasteiger partial charge in [-0.25, -0.2) is 0 Å². The molecule has 14 heavy (non-hydrogen) atoms. The Morgan fingerprint density at radius 1 is 1.36 bits per heavy atom. The van der Waals surface area contributed by atoms with Crippen LogP contribution < -0.4 is 5.32 Å². The van der Waals surface area contributed by atoms with Gasteiger partial charge in [-0.1, -0.05) is 6.07 Å². The lowest BCUT2D eigenvalue weighted by molar-refractivity contribution is 0.249. The topological polar surface area (TPSA) is 24.9 Å². The largest absolute Gasteiger partial charge is 0.308 e. The van der Waals surface area contributed by atoms with Gasteiger partial charge in [-0.3, -0.25) is 4.98 Å². The van der Waals surface area contributed by atoms with E-state index in [1.165, 1.54) is 36.9 Å². The Labute approximate surface area is 84.7 Å². The lowest BCUT2D eigenvalue weighted by Gasteiger charge is -2.36. The Morgan fingerprint density at radius 3 is 3.36 bits per heavy atom. The predicted octanol–water partition coefficient (Wildman–Crippen LogP) is 2.07. The van der Waals surface area contributed by atoms with E-state index < -0.39 is 0 Å². The van der Waals surface area contributed by atoms with Crippen molar-refractivity contribution in [3.63, 3.8) is 0 Å². The Balaban J connectivity index is 1.99. The summed E-state index contributed by atoms with van der Waals surface area (Å²) in [5.41, 5.74) is 2.78. The van der Waals surface area contributed by atoms with Crippen LogP contribution in [-0.4, -0.2) is 11.5 Å². The number of fused-ring (bicyclic) bond motifs is 3. The highest BCUT2D eigenvalue weighted by atomic mass is 15.0. The van der Waals surface area contributed by atoms with E-state index in [4.69, 9.17) is 0 Å². The molecule has 2 aliphatic rings. The van der Waals surface area contributed by atoms with Crippen LogP contribution in [0.4, 0.5) is 0 Å². The van der Waals surface area contributed by atoms with E-state index in [1.807, 2.05) is 6.20 Å². The molecule has 2 atom stereocenters. The number of aryl methyl sites for hydroxylation is 1. The zero-order chi connectivity index (χ0) is 9.38. The molecule has 2 heteroatoms. The average Bonchev–Trinajstić information content (AvgIpc) is 2.29. The highest BCUT2D eigenvalue weighted by molar-refractivity contribution is 5.26. The quantitative estimate of drug-likeness (QED) is 0.674. The Kier molecular flexibility index (Phi) is 2.02. The molecule has 0 aromatic carbocycles. The van der Waals surface area contributed by atoms with Gasteiger partial charge in [-0.15, -0.1) is 0 Å². The molecule has 0 amide bonds. The van der Waals surface area contributed by atoms with Gasteiger partial charge in [-0.2, -0.15) is 0 Å². The predicted molar refractivity (Wildman–Crippen MR) is 56.0 cm³/mol. The first kappa shape index (κ1) is 8.42. The second-order valence-corrected chi connectivity index (χ2v) is 4.42. The summed E-state index contributed by atoms with van der Waals surface area (Å²) in [7, 11) is 0. The van der Waals surface area contributed by atoms with Crippen molar-refractivity contribution in [2.75, 3.05) is 6.54 Å². The van der Waals surface area contributed by atoms with Crippen molar-refractivity contribution >= 4 is 0 Å². The number of hydrogen-bond acceptors (Lipinski definition) is 2. The smallest absolute Gasteiger partial charge is 0.0607 e. The summed E-state index contributed by atoms with van der Waals surface area (Å²) in [5.74, 6) is 0.839. The molecule has 2 nitrogen and oxygen atoms in total. The number of hydrogen-bond donors (Lipinski definition) is 1. The van der Waals surface area contributed by atoms with Crippen LogP contribution in [0.5, 0.6) is 0 Å². The maximum absolute atomic E-state index is 4.54. The van der Waals surface area contributed by atoms with E-state index in [-0.39, 0.29) is 0 Å². The van der Waals surface area contributed by atoms with E-state index in [2.05, 4.69) is 22.4 Å². The minimum absolute atomic E-state index is 0.550. The standard InChI is InChI=1S/C12H16N2/c1-3-9-5-6-10-4-2-8-14-12(10)11(9)13-7-1/h1,3,7,10,12,14H,2,4-6,8H2/t10-,12-/m1/s1. The van der Waals surface area contributed by atoms with E-state index >= 15 is 0 Å². The second kappa shape index (κ2) is 3.35. The third-order valence-electron chi connectivity index (χ3n) is 3.59. The van der Waals surface area contributed by atoms with Gasteiger partial charge in [0.15, 0.2) is 0 Å². The normalized spacial score (nSPS) is 30.6. The van der Waals surface area contributed by atoms with Crippen LogP contribution >= 0.6 is 0 Å². The molecule has 2 heterocycles. The third-order valence-corrected chi connectivity index (χ3v) is 3.59. The van der Waals surface area contributed by atoms with Gasteiger partial charge in [0.1, 0.15) is 0 Å². The SMILES string of the molecule is c1cnc2c(c1)CC[C@H]1CCCN[C@@H]21. The molecule has 0 spiro atoms.